The Morgan fingerprint density at radius 3 is 2.58 bits per heavy atom. The molecule has 19 heavy (non-hydrogen) atoms. The number of rotatable bonds is 1. The number of hydrogen-bond acceptors (Lipinski definition) is 2. The third-order valence-electron chi connectivity index (χ3n) is 2.46. The van der Waals surface area contributed by atoms with E-state index in [1.807, 2.05) is 0 Å². The molecule has 0 amide bonds. The highest BCUT2D eigenvalue weighted by Crippen LogP contribution is 2.43. The van der Waals surface area contributed by atoms with Crippen LogP contribution >= 0.6 is 27.5 Å². The minimum absolute atomic E-state index is 0.0202. The lowest BCUT2D eigenvalue weighted by Gasteiger charge is -2.28. The zero-order valence-corrected chi connectivity index (χ0v) is 11.3. The lowest BCUT2D eigenvalue weighted by atomic mass is 10.0. The van der Waals surface area contributed by atoms with E-state index in [-0.39, 0.29) is 16.3 Å². The first kappa shape index (κ1) is 14.2. The molecule has 0 saturated heterocycles. The topological polar surface area (TPSA) is 46.5 Å². The van der Waals surface area contributed by atoms with Crippen molar-refractivity contribution in [2.45, 2.75) is 12.3 Å². The summed E-state index contributed by atoms with van der Waals surface area (Å²) >= 11 is 8.87. The third kappa shape index (κ3) is 2.57. The zero-order chi connectivity index (χ0) is 14.4. The summed E-state index contributed by atoms with van der Waals surface area (Å²) < 4.78 is 43.5. The first-order valence-corrected chi connectivity index (χ1v) is 6.05. The summed E-state index contributed by atoms with van der Waals surface area (Å²) in [6.07, 6.45) is -6.47. The molecule has 1 aliphatic heterocycles. The molecule has 0 spiro atoms. The summed E-state index contributed by atoms with van der Waals surface area (Å²) in [6.45, 7) is 0. The molecule has 1 aromatic carbocycles. The van der Waals surface area contributed by atoms with Crippen LogP contribution in [0.4, 0.5) is 13.2 Å². The van der Waals surface area contributed by atoms with Gasteiger partial charge in [-0.1, -0.05) is 27.5 Å². The zero-order valence-electron chi connectivity index (χ0n) is 8.96. The molecular formula is C11H5BrClF3O3. The van der Waals surface area contributed by atoms with Crippen molar-refractivity contribution in [2.75, 3.05) is 0 Å². The van der Waals surface area contributed by atoms with E-state index in [4.69, 9.17) is 21.4 Å². The number of alkyl halides is 3. The predicted molar refractivity (Wildman–Crippen MR) is 65.2 cm³/mol. The second kappa shape index (κ2) is 4.72. The fourth-order valence-corrected chi connectivity index (χ4v) is 2.27. The second-order valence-corrected chi connectivity index (χ2v) is 4.98. The molecule has 0 bridgehead atoms. The molecule has 1 unspecified atom stereocenters. The number of carboxylic acid groups (broad SMARTS) is 1. The lowest BCUT2D eigenvalue weighted by molar-refractivity contribution is -0.187. The number of carbonyl (C=O) groups is 1. The van der Waals surface area contributed by atoms with Gasteiger partial charge < -0.3 is 9.84 Å². The quantitative estimate of drug-likeness (QED) is 0.829. The third-order valence-corrected chi connectivity index (χ3v) is 3.45. The first-order valence-electron chi connectivity index (χ1n) is 4.88. The molecule has 1 atom stereocenters. The maximum Gasteiger partial charge on any atom is 0.430 e. The van der Waals surface area contributed by atoms with E-state index in [0.717, 1.165) is 6.08 Å². The molecule has 0 aromatic heterocycles. The predicted octanol–water partition coefficient (Wildman–Crippen LogP) is 3.89. The summed E-state index contributed by atoms with van der Waals surface area (Å²) in [7, 11) is 0. The van der Waals surface area contributed by atoms with Crippen molar-refractivity contribution in [2.24, 2.45) is 0 Å². The first-order chi connectivity index (χ1) is 8.71. The van der Waals surface area contributed by atoms with Gasteiger partial charge in [0.25, 0.3) is 0 Å². The molecule has 1 aromatic rings. The van der Waals surface area contributed by atoms with Crippen LogP contribution < -0.4 is 4.74 Å². The highest BCUT2D eigenvalue weighted by atomic mass is 79.9. The average molecular weight is 358 g/mol. The van der Waals surface area contributed by atoms with Gasteiger partial charge in [-0.2, -0.15) is 13.2 Å². The van der Waals surface area contributed by atoms with Gasteiger partial charge in [-0.25, -0.2) is 4.79 Å². The molecule has 0 aliphatic carbocycles. The average Bonchev–Trinajstić information content (AvgIpc) is 2.31. The number of halogens is 5. The SMILES string of the molecule is O=C(O)C1=Cc2c(Br)ccc(Cl)c2OC1C(F)(F)F. The summed E-state index contributed by atoms with van der Waals surface area (Å²) in [5, 5.41) is 8.84. The Morgan fingerprint density at radius 1 is 1.42 bits per heavy atom. The van der Waals surface area contributed by atoms with E-state index >= 15 is 0 Å². The normalized spacial score (nSPS) is 18.4. The molecule has 0 saturated carbocycles. The van der Waals surface area contributed by atoms with Gasteiger partial charge in [0.2, 0.25) is 6.10 Å². The van der Waals surface area contributed by atoms with Crippen molar-refractivity contribution in [3.05, 3.63) is 32.8 Å². The summed E-state index contributed by atoms with van der Waals surface area (Å²) in [6, 6.07) is 2.85. The molecule has 3 nitrogen and oxygen atoms in total. The van der Waals surface area contributed by atoms with Crippen molar-refractivity contribution in [3.63, 3.8) is 0 Å². The summed E-state index contributed by atoms with van der Waals surface area (Å²) in [4.78, 5) is 10.9. The van der Waals surface area contributed by atoms with Crippen LogP contribution in [0.25, 0.3) is 6.08 Å². The maximum atomic E-state index is 12.8. The minimum atomic E-state index is -4.84. The number of aliphatic carboxylic acids is 1. The number of carboxylic acids is 1. The van der Waals surface area contributed by atoms with Crippen LogP contribution in [0.1, 0.15) is 5.56 Å². The molecule has 0 fully saturated rings. The Hall–Kier alpha value is -1.21. The van der Waals surface area contributed by atoms with Gasteiger partial charge in [-0.3, -0.25) is 0 Å². The van der Waals surface area contributed by atoms with E-state index in [9.17, 15) is 18.0 Å². The number of benzene rings is 1. The molecule has 102 valence electrons. The van der Waals surface area contributed by atoms with Crippen LogP contribution in [0, 0.1) is 0 Å². The molecule has 1 N–H and O–H groups in total. The van der Waals surface area contributed by atoms with Gasteiger partial charge in [0.15, 0.2) is 0 Å². The van der Waals surface area contributed by atoms with Crippen molar-refractivity contribution >= 4 is 39.6 Å². The van der Waals surface area contributed by atoms with E-state index < -0.39 is 23.8 Å². The summed E-state index contributed by atoms with van der Waals surface area (Å²) in [5.41, 5.74) is -0.714. The van der Waals surface area contributed by atoms with E-state index in [1.165, 1.54) is 12.1 Å². The molecule has 1 heterocycles. The Balaban J connectivity index is 2.64. The standard InChI is InChI=1S/C11H5BrClF3O3/c12-6-1-2-7(13)8-4(6)3-5(10(17)18)9(19-8)11(14,15)16/h1-3,9H,(H,17,18). The highest BCUT2D eigenvalue weighted by molar-refractivity contribution is 9.10. The fraction of sp³-hybridized carbons (Fsp3) is 0.182. The van der Waals surface area contributed by atoms with Crippen LogP contribution in [0.2, 0.25) is 5.02 Å². The molecule has 1 aliphatic rings. The Kier molecular flexibility index (Phi) is 3.53. The number of hydrogen-bond donors (Lipinski definition) is 1. The van der Waals surface area contributed by atoms with E-state index in [2.05, 4.69) is 15.9 Å². The summed E-state index contributed by atoms with van der Waals surface area (Å²) in [5.74, 6) is -1.89. The van der Waals surface area contributed by atoms with Crippen LogP contribution in [0.3, 0.4) is 0 Å². The monoisotopic (exact) mass is 356 g/mol. The van der Waals surface area contributed by atoms with Gasteiger partial charge in [0, 0.05) is 10.0 Å². The van der Waals surface area contributed by atoms with Crippen LogP contribution in [-0.2, 0) is 4.79 Å². The van der Waals surface area contributed by atoms with E-state index in [0.29, 0.717) is 4.47 Å². The van der Waals surface area contributed by atoms with Crippen molar-refractivity contribution < 1.29 is 27.8 Å². The second-order valence-electron chi connectivity index (χ2n) is 3.72. The Bertz CT molecular complexity index is 583. The van der Waals surface area contributed by atoms with Gasteiger partial charge in [-0.05, 0) is 18.2 Å². The van der Waals surface area contributed by atoms with Crippen molar-refractivity contribution in [3.8, 4) is 5.75 Å². The molecule has 0 radical (unpaired) electrons. The van der Waals surface area contributed by atoms with Crippen molar-refractivity contribution in [1.82, 2.24) is 0 Å². The van der Waals surface area contributed by atoms with Crippen LogP contribution in [-0.4, -0.2) is 23.4 Å². The smallest absolute Gasteiger partial charge is 0.430 e. The van der Waals surface area contributed by atoms with Crippen LogP contribution in [0.15, 0.2) is 22.2 Å². The minimum Gasteiger partial charge on any atom is -0.478 e. The fourth-order valence-electron chi connectivity index (χ4n) is 1.63. The van der Waals surface area contributed by atoms with Gasteiger partial charge in [0.05, 0.1) is 10.6 Å². The lowest BCUT2D eigenvalue weighted by Crippen LogP contribution is -2.40. The molecular weight excluding hydrogens is 352 g/mol. The Morgan fingerprint density at radius 2 is 2.05 bits per heavy atom. The van der Waals surface area contributed by atoms with Gasteiger partial charge >= 0.3 is 12.1 Å². The maximum absolute atomic E-state index is 12.8. The van der Waals surface area contributed by atoms with Gasteiger partial charge in [-0.15, -0.1) is 0 Å². The molecule has 8 heteroatoms. The van der Waals surface area contributed by atoms with E-state index in [1.54, 1.807) is 0 Å². The van der Waals surface area contributed by atoms with Crippen molar-refractivity contribution in [1.29, 1.82) is 0 Å². The molecule has 2 rings (SSSR count). The van der Waals surface area contributed by atoms with Gasteiger partial charge in [0.1, 0.15) is 5.75 Å². The number of fused-ring (bicyclic) bond motifs is 1. The highest BCUT2D eigenvalue weighted by Gasteiger charge is 2.48. The largest absolute Gasteiger partial charge is 0.478 e. The van der Waals surface area contributed by atoms with Crippen LogP contribution in [0.5, 0.6) is 5.75 Å². The number of ether oxygens (including phenoxy) is 1. The Labute approximate surface area is 118 Å².